The summed E-state index contributed by atoms with van der Waals surface area (Å²) >= 11 is 0. The maximum absolute atomic E-state index is 12.2. The van der Waals surface area contributed by atoms with E-state index in [1.807, 2.05) is 43.5 Å². The average Bonchev–Trinajstić information content (AvgIpc) is 3.44. The van der Waals surface area contributed by atoms with E-state index in [1.54, 1.807) is 0 Å². The molecule has 1 aromatic carbocycles. The molecule has 1 aliphatic carbocycles. The van der Waals surface area contributed by atoms with Crippen molar-refractivity contribution in [1.29, 1.82) is 0 Å². The SMILES string of the molecule is Cc1cc(-c2cnc(C(C)C)nc2-c2ccc(CNC(=O)C[C@H]3C=CCC3)cc2)on1. The Hall–Kier alpha value is -3.28. The Kier molecular flexibility index (Phi) is 6.26. The van der Waals surface area contributed by atoms with Crippen LogP contribution in [0.25, 0.3) is 22.6 Å². The van der Waals surface area contributed by atoms with Crippen molar-refractivity contribution < 1.29 is 9.32 Å². The van der Waals surface area contributed by atoms with Crippen molar-refractivity contribution in [3.05, 3.63) is 65.8 Å². The summed E-state index contributed by atoms with van der Waals surface area (Å²) < 4.78 is 5.47. The molecule has 6 nitrogen and oxygen atoms in total. The summed E-state index contributed by atoms with van der Waals surface area (Å²) in [6, 6.07) is 10.00. The number of carbonyl (C=O) groups excluding carboxylic acids is 1. The number of aromatic nitrogens is 3. The van der Waals surface area contributed by atoms with E-state index in [2.05, 4.69) is 41.5 Å². The van der Waals surface area contributed by atoms with Crippen LogP contribution in [-0.2, 0) is 11.3 Å². The molecule has 0 spiro atoms. The zero-order chi connectivity index (χ0) is 21.8. The second-order valence-electron chi connectivity index (χ2n) is 8.42. The normalized spacial score (nSPS) is 15.5. The summed E-state index contributed by atoms with van der Waals surface area (Å²) in [5.41, 5.74) is 4.47. The lowest BCUT2D eigenvalue weighted by Crippen LogP contribution is -2.24. The molecule has 2 aromatic heterocycles. The lowest BCUT2D eigenvalue weighted by molar-refractivity contribution is -0.121. The summed E-state index contributed by atoms with van der Waals surface area (Å²) in [5.74, 6) is 2.13. The van der Waals surface area contributed by atoms with Gasteiger partial charge in [0, 0.05) is 36.7 Å². The Labute approximate surface area is 182 Å². The molecule has 0 saturated carbocycles. The number of benzene rings is 1. The Morgan fingerprint density at radius 3 is 2.71 bits per heavy atom. The molecule has 0 unspecified atom stereocenters. The average molecular weight is 417 g/mol. The summed E-state index contributed by atoms with van der Waals surface area (Å²) in [4.78, 5) is 21.5. The molecule has 1 amide bonds. The highest BCUT2D eigenvalue weighted by Gasteiger charge is 2.17. The molecule has 2 heterocycles. The molecule has 31 heavy (non-hydrogen) atoms. The summed E-state index contributed by atoms with van der Waals surface area (Å²) in [7, 11) is 0. The lowest BCUT2D eigenvalue weighted by Gasteiger charge is -2.12. The van der Waals surface area contributed by atoms with Gasteiger partial charge >= 0.3 is 0 Å². The molecule has 3 aromatic rings. The molecule has 6 heteroatoms. The van der Waals surface area contributed by atoms with Crippen LogP contribution in [0.1, 0.15) is 56.1 Å². The quantitative estimate of drug-likeness (QED) is 0.535. The molecule has 1 atom stereocenters. The first kappa shape index (κ1) is 21.0. The van der Waals surface area contributed by atoms with Crippen LogP contribution in [0.2, 0.25) is 0 Å². The van der Waals surface area contributed by atoms with Crippen LogP contribution in [0.5, 0.6) is 0 Å². The third-order valence-corrected chi connectivity index (χ3v) is 5.49. The van der Waals surface area contributed by atoms with Crippen molar-refractivity contribution in [2.75, 3.05) is 0 Å². The number of aryl methyl sites for hydroxylation is 1. The van der Waals surface area contributed by atoms with Crippen molar-refractivity contribution in [1.82, 2.24) is 20.4 Å². The minimum Gasteiger partial charge on any atom is -0.356 e. The number of nitrogens with one attached hydrogen (secondary N) is 1. The number of hydrogen-bond acceptors (Lipinski definition) is 5. The van der Waals surface area contributed by atoms with Gasteiger partial charge < -0.3 is 9.84 Å². The molecule has 0 radical (unpaired) electrons. The van der Waals surface area contributed by atoms with Gasteiger partial charge in [0.25, 0.3) is 0 Å². The molecule has 160 valence electrons. The van der Waals surface area contributed by atoms with Crippen molar-refractivity contribution in [3.63, 3.8) is 0 Å². The smallest absolute Gasteiger partial charge is 0.220 e. The monoisotopic (exact) mass is 416 g/mol. The van der Waals surface area contributed by atoms with Crippen molar-refractivity contribution in [2.45, 2.75) is 52.5 Å². The van der Waals surface area contributed by atoms with Crippen LogP contribution in [0.15, 0.2) is 53.2 Å². The molecular weight excluding hydrogens is 388 g/mol. The fourth-order valence-corrected chi connectivity index (χ4v) is 3.72. The van der Waals surface area contributed by atoms with E-state index in [-0.39, 0.29) is 11.8 Å². The Morgan fingerprint density at radius 1 is 1.26 bits per heavy atom. The summed E-state index contributed by atoms with van der Waals surface area (Å²) in [6.07, 6.45) is 8.83. The van der Waals surface area contributed by atoms with Gasteiger partial charge in [-0.2, -0.15) is 0 Å². The topological polar surface area (TPSA) is 80.9 Å². The minimum atomic E-state index is 0.0981. The summed E-state index contributed by atoms with van der Waals surface area (Å²) in [5, 5.41) is 7.03. The molecule has 4 rings (SSSR count). The maximum atomic E-state index is 12.2. The van der Waals surface area contributed by atoms with Crippen molar-refractivity contribution in [2.24, 2.45) is 5.92 Å². The zero-order valence-electron chi connectivity index (χ0n) is 18.3. The highest BCUT2D eigenvalue weighted by Crippen LogP contribution is 2.31. The number of nitrogens with zero attached hydrogens (tertiary/aromatic N) is 3. The molecule has 1 N–H and O–H groups in total. The molecule has 1 aliphatic rings. The first-order chi connectivity index (χ1) is 15.0. The Bertz CT molecular complexity index is 1080. The summed E-state index contributed by atoms with van der Waals surface area (Å²) in [6.45, 7) is 6.56. The molecule has 0 aliphatic heterocycles. The van der Waals surface area contributed by atoms with Gasteiger partial charge in [-0.05, 0) is 31.2 Å². The van der Waals surface area contributed by atoms with Gasteiger partial charge in [0.2, 0.25) is 5.91 Å². The number of carbonyl (C=O) groups is 1. The van der Waals surface area contributed by atoms with Gasteiger partial charge in [-0.3, -0.25) is 4.79 Å². The molecule has 0 bridgehead atoms. The maximum Gasteiger partial charge on any atom is 0.220 e. The van der Waals surface area contributed by atoms with E-state index in [4.69, 9.17) is 9.51 Å². The van der Waals surface area contributed by atoms with E-state index in [1.165, 1.54) is 0 Å². The number of rotatable bonds is 7. The van der Waals surface area contributed by atoms with Crippen LogP contribution in [0.4, 0.5) is 0 Å². The first-order valence-corrected chi connectivity index (χ1v) is 10.8. The fraction of sp³-hybridized carbons (Fsp3) is 0.360. The number of amides is 1. The lowest BCUT2D eigenvalue weighted by atomic mass is 10.0. The second kappa shape index (κ2) is 9.25. The van der Waals surface area contributed by atoms with Crippen LogP contribution in [0.3, 0.4) is 0 Å². The third kappa shape index (κ3) is 5.08. The van der Waals surface area contributed by atoms with E-state index in [9.17, 15) is 4.79 Å². The third-order valence-electron chi connectivity index (χ3n) is 5.49. The van der Waals surface area contributed by atoms with Crippen molar-refractivity contribution >= 4 is 5.91 Å². The molecular formula is C25H28N4O2. The van der Waals surface area contributed by atoms with Gasteiger partial charge in [-0.1, -0.05) is 55.4 Å². The van der Waals surface area contributed by atoms with Gasteiger partial charge in [-0.15, -0.1) is 0 Å². The van der Waals surface area contributed by atoms with Gasteiger partial charge in [0.05, 0.1) is 17.0 Å². The van der Waals surface area contributed by atoms with Crippen molar-refractivity contribution in [3.8, 4) is 22.6 Å². The molecule has 0 fully saturated rings. The van der Waals surface area contributed by atoms with Gasteiger partial charge in [-0.25, -0.2) is 9.97 Å². The highest BCUT2D eigenvalue weighted by atomic mass is 16.5. The molecule has 0 saturated heterocycles. The van der Waals surface area contributed by atoms with Crippen LogP contribution in [-0.4, -0.2) is 21.0 Å². The predicted octanol–water partition coefficient (Wildman–Crippen LogP) is 5.20. The van der Waals surface area contributed by atoms with Gasteiger partial charge in [0.15, 0.2) is 5.76 Å². The van der Waals surface area contributed by atoms with E-state index >= 15 is 0 Å². The first-order valence-electron chi connectivity index (χ1n) is 10.8. The predicted molar refractivity (Wildman–Crippen MR) is 120 cm³/mol. The van der Waals surface area contributed by atoms with Crippen LogP contribution >= 0.6 is 0 Å². The van der Waals surface area contributed by atoms with Crippen LogP contribution < -0.4 is 5.32 Å². The van der Waals surface area contributed by atoms with E-state index < -0.39 is 0 Å². The zero-order valence-corrected chi connectivity index (χ0v) is 18.3. The number of hydrogen-bond donors (Lipinski definition) is 1. The fourth-order valence-electron chi connectivity index (χ4n) is 3.72. The number of allylic oxidation sites excluding steroid dienone is 2. The Balaban J connectivity index is 1.51. The van der Waals surface area contributed by atoms with Crippen LogP contribution in [0, 0.1) is 12.8 Å². The standard InChI is InChI=1S/C25H28N4O2/c1-16(2)25-27-15-21(22-12-17(3)29-31-22)24(28-25)20-10-8-19(9-11-20)14-26-23(30)13-18-6-4-5-7-18/h4,6,8-12,15-16,18H,5,7,13-14H2,1-3H3,(H,26,30)/t18-/m0/s1. The van der Waals surface area contributed by atoms with E-state index in [0.29, 0.717) is 24.6 Å². The highest BCUT2D eigenvalue weighted by molar-refractivity contribution is 5.78. The Morgan fingerprint density at radius 2 is 2.06 bits per heavy atom. The van der Waals surface area contributed by atoms with Gasteiger partial charge in [0.1, 0.15) is 5.82 Å². The minimum absolute atomic E-state index is 0.0981. The second-order valence-corrected chi connectivity index (χ2v) is 8.42. The largest absolute Gasteiger partial charge is 0.356 e. The van der Waals surface area contributed by atoms with E-state index in [0.717, 1.165) is 46.7 Å².